The number of nitriles is 1. The van der Waals surface area contributed by atoms with Gasteiger partial charge in [-0.3, -0.25) is 0 Å². The minimum atomic E-state index is -0.765. The van der Waals surface area contributed by atoms with Gasteiger partial charge in [-0.2, -0.15) is 5.26 Å². The maximum Gasteiger partial charge on any atom is 0.340 e. The molecule has 0 aliphatic carbocycles. The van der Waals surface area contributed by atoms with Gasteiger partial charge in [-0.05, 0) is 12.1 Å². The smallest absolute Gasteiger partial charge is 0.340 e. The third-order valence-electron chi connectivity index (χ3n) is 1.67. The van der Waals surface area contributed by atoms with Crippen LogP contribution in [0.2, 0.25) is 0 Å². The van der Waals surface area contributed by atoms with Gasteiger partial charge in [-0.15, -0.1) is 0 Å². The standard InChI is InChI=1S/C9H7FN2O2/c1-14-9(13)7-3-6(10)2-5(4-11)8(7)12/h2-3H,12H2,1H3. The quantitative estimate of drug-likeness (QED) is 0.535. The van der Waals surface area contributed by atoms with Crippen molar-refractivity contribution in [2.75, 3.05) is 12.8 Å². The van der Waals surface area contributed by atoms with Crippen molar-refractivity contribution in [3.05, 3.63) is 29.1 Å². The van der Waals surface area contributed by atoms with Gasteiger partial charge in [0.25, 0.3) is 0 Å². The third kappa shape index (κ3) is 1.64. The summed E-state index contributed by atoms with van der Waals surface area (Å²) in [6.45, 7) is 0. The fourth-order valence-electron chi connectivity index (χ4n) is 0.989. The third-order valence-corrected chi connectivity index (χ3v) is 1.67. The summed E-state index contributed by atoms with van der Waals surface area (Å²) in [5.74, 6) is -1.46. The van der Waals surface area contributed by atoms with E-state index in [0.29, 0.717) is 0 Å². The topological polar surface area (TPSA) is 76.1 Å². The Labute approximate surface area is 79.7 Å². The van der Waals surface area contributed by atoms with E-state index in [1.807, 2.05) is 0 Å². The number of hydrogen-bond donors (Lipinski definition) is 1. The number of benzene rings is 1. The number of ether oxygens (including phenoxy) is 1. The van der Waals surface area contributed by atoms with Crippen LogP contribution in [0.3, 0.4) is 0 Å². The number of nitrogens with two attached hydrogens (primary N) is 1. The highest BCUT2D eigenvalue weighted by Crippen LogP contribution is 2.19. The van der Waals surface area contributed by atoms with Gasteiger partial charge in [-0.25, -0.2) is 9.18 Å². The van der Waals surface area contributed by atoms with Crippen molar-refractivity contribution in [1.29, 1.82) is 5.26 Å². The minimum absolute atomic E-state index is 0.0687. The Hall–Kier alpha value is -2.09. The van der Waals surface area contributed by atoms with Crippen LogP contribution in [0.15, 0.2) is 12.1 Å². The Morgan fingerprint density at radius 2 is 2.29 bits per heavy atom. The number of halogens is 1. The van der Waals surface area contributed by atoms with E-state index in [4.69, 9.17) is 11.0 Å². The van der Waals surface area contributed by atoms with Crippen molar-refractivity contribution >= 4 is 11.7 Å². The number of rotatable bonds is 1. The Morgan fingerprint density at radius 3 is 2.79 bits per heavy atom. The Kier molecular flexibility index (Phi) is 2.67. The van der Waals surface area contributed by atoms with E-state index in [1.54, 1.807) is 6.07 Å². The first-order valence-corrected chi connectivity index (χ1v) is 3.67. The summed E-state index contributed by atoms with van der Waals surface area (Å²) in [4.78, 5) is 11.1. The lowest BCUT2D eigenvalue weighted by molar-refractivity contribution is 0.0601. The molecule has 14 heavy (non-hydrogen) atoms. The maximum absolute atomic E-state index is 12.9. The molecule has 0 spiro atoms. The summed E-state index contributed by atoms with van der Waals surface area (Å²) >= 11 is 0. The highest BCUT2D eigenvalue weighted by atomic mass is 19.1. The molecule has 0 radical (unpaired) electrons. The first-order valence-electron chi connectivity index (χ1n) is 3.67. The van der Waals surface area contributed by atoms with E-state index in [-0.39, 0.29) is 16.8 Å². The zero-order chi connectivity index (χ0) is 10.7. The van der Waals surface area contributed by atoms with Crippen LogP contribution < -0.4 is 5.73 Å². The molecule has 0 fully saturated rings. The molecule has 0 saturated heterocycles. The van der Waals surface area contributed by atoms with Gasteiger partial charge in [-0.1, -0.05) is 0 Å². The van der Waals surface area contributed by atoms with E-state index in [2.05, 4.69) is 4.74 Å². The normalized spacial score (nSPS) is 9.21. The van der Waals surface area contributed by atoms with Crippen LogP contribution in [0.25, 0.3) is 0 Å². The molecule has 72 valence electrons. The molecule has 0 unspecified atom stereocenters. The lowest BCUT2D eigenvalue weighted by atomic mass is 10.1. The molecule has 5 heteroatoms. The maximum atomic E-state index is 12.9. The summed E-state index contributed by atoms with van der Waals surface area (Å²) in [6, 6.07) is 3.58. The number of hydrogen-bond acceptors (Lipinski definition) is 4. The fourth-order valence-corrected chi connectivity index (χ4v) is 0.989. The summed E-state index contributed by atoms with van der Waals surface area (Å²) in [5, 5.41) is 8.57. The number of nitrogens with zero attached hydrogens (tertiary/aromatic N) is 1. The number of anilines is 1. The predicted molar refractivity (Wildman–Crippen MR) is 46.9 cm³/mol. The molecule has 0 atom stereocenters. The van der Waals surface area contributed by atoms with Gasteiger partial charge in [0.05, 0.1) is 23.9 Å². The molecule has 0 aliphatic rings. The molecule has 0 bridgehead atoms. The molecule has 0 aromatic heterocycles. The van der Waals surface area contributed by atoms with Crippen LogP contribution in [0.5, 0.6) is 0 Å². The average molecular weight is 194 g/mol. The zero-order valence-electron chi connectivity index (χ0n) is 7.37. The molecular formula is C9H7FN2O2. The van der Waals surface area contributed by atoms with Crippen molar-refractivity contribution in [3.8, 4) is 6.07 Å². The van der Waals surface area contributed by atoms with Crippen molar-refractivity contribution in [2.24, 2.45) is 0 Å². The van der Waals surface area contributed by atoms with Gasteiger partial charge in [0.2, 0.25) is 0 Å². The lowest BCUT2D eigenvalue weighted by Crippen LogP contribution is -2.07. The van der Waals surface area contributed by atoms with E-state index in [1.165, 1.54) is 0 Å². The molecular weight excluding hydrogens is 187 g/mol. The van der Waals surface area contributed by atoms with Crippen LogP contribution in [0, 0.1) is 17.1 Å². The van der Waals surface area contributed by atoms with Crippen LogP contribution >= 0.6 is 0 Å². The second-order valence-electron chi connectivity index (χ2n) is 2.52. The average Bonchev–Trinajstić information content (AvgIpc) is 2.19. The number of nitrogen functional groups attached to an aromatic ring is 1. The van der Waals surface area contributed by atoms with Gasteiger partial charge in [0.15, 0.2) is 0 Å². The molecule has 2 N–H and O–H groups in total. The van der Waals surface area contributed by atoms with E-state index in [0.717, 1.165) is 19.2 Å². The van der Waals surface area contributed by atoms with E-state index >= 15 is 0 Å². The summed E-state index contributed by atoms with van der Waals surface area (Å²) in [5.41, 5.74) is 5.17. The molecule has 0 aliphatic heterocycles. The first kappa shape index (κ1) is 9.99. The van der Waals surface area contributed by atoms with Crippen molar-refractivity contribution < 1.29 is 13.9 Å². The second-order valence-corrected chi connectivity index (χ2v) is 2.52. The van der Waals surface area contributed by atoms with E-state index < -0.39 is 11.8 Å². The number of esters is 1. The van der Waals surface area contributed by atoms with Gasteiger partial charge >= 0.3 is 5.97 Å². The predicted octanol–water partition coefficient (Wildman–Crippen LogP) is 1.07. The summed E-state index contributed by atoms with van der Waals surface area (Å²) < 4.78 is 17.3. The Morgan fingerprint density at radius 1 is 1.64 bits per heavy atom. The first-order chi connectivity index (χ1) is 6.60. The highest BCUT2D eigenvalue weighted by Gasteiger charge is 2.14. The van der Waals surface area contributed by atoms with Crippen molar-refractivity contribution in [1.82, 2.24) is 0 Å². The number of carbonyl (C=O) groups is 1. The summed E-state index contributed by atoms with van der Waals surface area (Å²) in [7, 11) is 1.15. The van der Waals surface area contributed by atoms with Crippen LogP contribution in [-0.4, -0.2) is 13.1 Å². The Bertz CT molecular complexity index is 424. The number of methoxy groups -OCH3 is 1. The largest absolute Gasteiger partial charge is 0.465 e. The molecule has 0 saturated carbocycles. The molecule has 0 amide bonds. The van der Waals surface area contributed by atoms with Crippen LogP contribution in [0.1, 0.15) is 15.9 Å². The molecule has 1 rings (SSSR count). The number of carbonyl (C=O) groups excluding carboxylic acids is 1. The fraction of sp³-hybridized carbons (Fsp3) is 0.111. The molecule has 0 heterocycles. The minimum Gasteiger partial charge on any atom is -0.465 e. The monoisotopic (exact) mass is 194 g/mol. The van der Waals surface area contributed by atoms with Crippen molar-refractivity contribution in [3.63, 3.8) is 0 Å². The second kappa shape index (κ2) is 3.75. The zero-order valence-corrected chi connectivity index (χ0v) is 7.37. The van der Waals surface area contributed by atoms with Crippen LogP contribution in [-0.2, 0) is 4.74 Å². The SMILES string of the molecule is COC(=O)c1cc(F)cc(C#N)c1N. The molecule has 4 nitrogen and oxygen atoms in total. The molecule has 1 aromatic carbocycles. The van der Waals surface area contributed by atoms with Crippen molar-refractivity contribution in [2.45, 2.75) is 0 Å². The van der Waals surface area contributed by atoms with Crippen LogP contribution in [0.4, 0.5) is 10.1 Å². The van der Waals surface area contributed by atoms with Gasteiger partial charge in [0, 0.05) is 0 Å². The molecule has 1 aromatic rings. The Balaban J connectivity index is 3.38. The lowest BCUT2D eigenvalue weighted by Gasteiger charge is -2.04. The van der Waals surface area contributed by atoms with Gasteiger partial charge in [0.1, 0.15) is 11.9 Å². The highest BCUT2D eigenvalue weighted by molar-refractivity contribution is 5.96. The van der Waals surface area contributed by atoms with Gasteiger partial charge < -0.3 is 10.5 Å². The van der Waals surface area contributed by atoms with E-state index in [9.17, 15) is 9.18 Å². The summed E-state index contributed by atoms with van der Waals surface area (Å²) in [6.07, 6.45) is 0.